The summed E-state index contributed by atoms with van der Waals surface area (Å²) in [5.74, 6) is -3.76. The van der Waals surface area contributed by atoms with Crippen LogP contribution in [0.1, 0.15) is 47.0 Å². The summed E-state index contributed by atoms with van der Waals surface area (Å²) in [6, 6.07) is 0. The van der Waals surface area contributed by atoms with Crippen molar-refractivity contribution in [3.63, 3.8) is 0 Å². The minimum Gasteiger partial charge on any atom is -0.461 e. The van der Waals surface area contributed by atoms with Crippen molar-refractivity contribution in [1.82, 2.24) is 0 Å². The fraction of sp³-hybridized carbons (Fsp3) is 0.632. The Hall–Kier alpha value is -2.23. The van der Waals surface area contributed by atoms with Gasteiger partial charge in [-0.1, -0.05) is 0 Å². The lowest BCUT2D eigenvalue weighted by atomic mass is 9.82. The summed E-state index contributed by atoms with van der Waals surface area (Å²) in [4.78, 5) is 35.3. The Morgan fingerprint density at radius 3 is 2.50 bits per heavy atom. The SMILES string of the molecule is CC(=O)OCC1=C2/C(=C/[C@]3(C)CC[C@@](O)(O3)[C@@](C)(O)C[C@H]2OC(C)=O)OC1=O. The van der Waals surface area contributed by atoms with Crippen molar-refractivity contribution in [2.45, 2.75) is 70.1 Å². The minimum atomic E-state index is -1.88. The summed E-state index contributed by atoms with van der Waals surface area (Å²) in [5.41, 5.74) is -2.62. The van der Waals surface area contributed by atoms with Crippen LogP contribution in [0.25, 0.3) is 0 Å². The van der Waals surface area contributed by atoms with E-state index < -0.39 is 41.0 Å². The summed E-state index contributed by atoms with van der Waals surface area (Å²) in [5, 5.41) is 21.9. The molecule has 0 spiro atoms. The van der Waals surface area contributed by atoms with E-state index >= 15 is 0 Å². The molecule has 0 aromatic heterocycles. The highest BCUT2D eigenvalue weighted by Gasteiger charge is 2.58. The Kier molecular flexibility index (Phi) is 4.89. The molecule has 3 rings (SSSR count). The number of rotatable bonds is 3. The van der Waals surface area contributed by atoms with Crippen molar-refractivity contribution in [2.24, 2.45) is 0 Å². The van der Waals surface area contributed by atoms with Crippen molar-refractivity contribution in [1.29, 1.82) is 0 Å². The van der Waals surface area contributed by atoms with Crippen molar-refractivity contribution in [3.05, 3.63) is 23.0 Å². The maximum Gasteiger partial charge on any atom is 0.343 e. The molecule has 3 heterocycles. The van der Waals surface area contributed by atoms with Crippen LogP contribution in [-0.2, 0) is 33.3 Å². The van der Waals surface area contributed by atoms with Crippen LogP contribution in [0.3, 0.4) is 0 Å². The highest BCUT2D eigenvalue weighted by molar-refractivity contribution is 5.95. The first-order valence-corrected chi connectivity index (χ1v) is 9.00. The average Bonchev–Trinajstić information content (AvgIpc) is 3.01. The number of esters is 3. The topological polar surface area (TPSA) is 129 Å². The first-order chi connectivity index (χ1) is 12.9. The van der Waals surface area contributed by atoms with Gasteiger partial charge in [-0.05, 0) is 26.3 Å². The van der Waals surface area contributed by atoms with E-state index in [1.165, 1.54) is 26.8 Å². The van der Waals surface area contributed by atoms with Crippen molar-refractivity contribution in [2.75, 3.05) is 6.61 Å². The first-order valence-electron chi connectivity index (χ1n) is 9.00. The van der Waals surface area contributed by atoms with Crippen LogP contribution >= 0.6 is 0 Å². The molecule has 0 radical (unpaired) electrons. The summed E-state index contributed by atoms with van der Waals surface area (Å²) in [6.45, 7) is 5.08. The third kappa shape index (κ3) is 3.57. The molecular formula is C19H24O9. The van der Waals surface area contributed by atoms with Crippen LogP contribution in [0.5, 0.6) is 0 Å². The van der Waals surface area contributed by atoms with E-state index in [1.54, 1.807) is 6.92 Å². The van der Waals surface area contributed by atoms with E-state index in [1.807, 2.05) is 0 Å². The summed E-state index contributed by atoms with van der Waals surface area (Å²) in [6.07, 6.45) is 0.653. The second-order valence-electron chi connectivity index (χ2n) is 7.85. The molecule has 0 amide bonds. The summed E-state index contributed by atoms with van der Waals surface area (Å²) < 4.78 is 21.5. The van der Waals surface area contributed by atoms with Crippen LogP contribution in [-0.4, -0.2) is 57.8 Å². The largest absolute Gasteiger partial charge is 0.461 e. The lowest BCUT2D eigenvalue weighted by molar-refractivity contribution is -0.298. The molecule has 28 heavy (non-hydrogen) atoms. The number of fused-ring (bicyclic) bond motifs is 3. The summed E-state index contributed by atoms with van der Waals surface area (Å²) in [7, 11) is 0. The molecule has 0 aliphatic carbocycles. The zero-order valence-electron chi connectivity index (χ0n) is 16.2. The van der Waals surface area contributed by atoms with Crippen LogP contribution < -0.4 is 0 Å². The zero-order valence-corrected chi connectivity index (χ0v) is 16.2. The molecular weight excluding hydrogens is 372 g/mol. The van der Waals surface area contributed by atoms with E-state index in [2.05, 4.69) is 0 Å². The molecule has 2 bridgehead atoms. The highest BCUT2D eigenvalue weighted by atomic mass is 16.7. The van der Waals surface area contributed by atoms with Gasteiger partial charge in [0, 0.05) is 32.3 Å². The Balaban J connectivity index is 2.16. The number of hydrogen-bond acceptors (Lipinski definition) is 9. The van der Waals surface area contributed by atoms with Crippen LogP contribution in [0.2, 0.25) is 0 Å². The minimum absolute atomic E-state index is 0.0110. The molecule has 0 unspecified atom stereocenters. The molecule has 1 fully saturated rings. The summed E-state index contributed by atoms with van der Waals surface area (Å²) >= 11 is 0. The maximum atomic E-state index is 12.4. The molecule has 2 N–H and O–H groups in total. The van der Waals surface area contributed by atoms with E-state index in [-0.39, 0.29) is 36.4 Å². The number of carbonyl (C=O) groups excluding carboxylic acids is 3. The maximum absolute atomic E-state index is 12.4. The third-order valence-electron chi connectivity index (χ3n) is 5.31. The lowest BCUT2D eigenvalue weighted by Crippen LogP contribution is -2.54. The van der Waals surface area contributed by atoms with E-state index in [4.69, 9.17) is 18.9 Å². The number of ether oxygens (including phenoxy) is 4. The van der Waals surface area contributed by atoms with Gasteiger partial charge in [0.1, 0.15) is 24.1 Å². The lowest BCUT2D eigenvalue weighted by Gasteiger charge is -2.40. The monoisotopic (exact) mass is 396 g/mol. The van der Waals surface area contributed by atoms with Crippen molar-refractivity contribution >= 4 is 17.9 Å². The Labute approximate surface area is 161 Å². The van der Waals surface area contributed by atoms with Gasteiger partial charge >= 0.3 is 17.9 Å². The molecule has 0 aromatic rings. The second kappa shape index (κ2) is 6.68. The Morgan fingerprint density at radius 1 is 1.21 bits per heavy atom. The van der Waals surface area contributed by atoms with Gasteiger partial charge < -0.3 is 29.2 Å². The van der Waals surface area contributed by atoms with Gasteiger partial charge in [0.2, 0.25) is 0 Å². The number of carbonyl (C=O) groups is 3. The fourth-order valence-electron chi connectivity index (χ4n) is 3.83. The molecule has 3 aliphatic rings. The van der Waals surface area contributed by atoms with Gasteiger partial charge in [0.15, 0.2) is 5.79 Å². The zero-order chi connectivity index (χ0) is 20.9. The molecule has 9 nitrogen and oxygen atoms in total. The van der Waals surface area contributed by atoms with E-state index in [0.717, 1.165) is 0 Å². The predicted molar refractivity (Wildman–Crippen MR) is 92.3 cm³/mol. The van der Waals surface area contributed by atoms with Gasteiger partial charge in [-0.3, -0.25) is 9.59 Å². The van der Waals surface area contributed by atoms with Gasteiger partial charge in [0.05, 0.1) is 11.2 Å². The smallest absolute Gasteiger partial charge is 0.343 e. The standard InChI is InChI=1S/C19H24O9/c1-10(20)25-9-12-15-13(27-16(12)22)7-17(3)5-6-19(24,28-17)18(4,23)8-14(15)26-11(2)21/h7,14,23-24H,5-6,8-9H2,1-4H3/b13-7-/t14-,17+,18+,19-/m1/s1. The quantitative estimate of drug-likeness (QED) is 0.521. The number of hydrogen-bond donors (Lipinski definition) is 2. The van der Waals surface area contributed by atoms with Crippen LogP contribution in [0, 0.1) is 0 Å². The van der Waals surface area contributed by atoms with Crippen LogP contribution in [0.4, 0.5) is 0 Å². The average molecular weight is 396 g/mol. The van der Waals surface area contributed by atoms with Gasteiger partial charge in [-0.15, -0.1) is 0 Å². The molecule has 1 saturated heterocycles. The molecule has 154 valence electrons. The third-order valence-corrected chi connectivity index (χ3v) is 5.31. The van der Waals surface area contributed by atoms with Crippen LogP contribution in [0.15, 0.2) is 23.0 Å². The Bertz CT molecular complexity index is 793. The van der Waals surface area contributed by atoms with Gasteiger partial charge in [-0.2, -0.15) is 0 Å². The Morgan fingerprint density at radius 2 is 1.89 bits per heavy atom. The normalized spacial score (nSPS) is 39.1. The molecule has 9 heteroatoms. The van der Waals surface area contributed by atoms with Crippen molar-refractivity contribution in [3.8, 4) is 0 Å². The molecule has 0 aromatic carbocycles. The van der Waals surface area contributed by atoms with Gasteiger partial charge in [0.25, 0.3) is 0 Å². The first kappa shape index (κ1) is 20.5. The number of aliphatic hydroxyl groups is 2. The molecule has 4 atom stereocenters. The molecule has 0 saturated carbocycles. The van der Waals surface area contributed by atoms with Gasteiger partial charge in [-0.25, -0.2) is 4.79 Å². The highest BCUT2D eigenvalue weighted by Crippen LogP contribution is 2.49. The van der Waals surface area contributed by atoms with Crippen molar-refractivity contribution < 1.29 is 43.5 Å². The molecule has 3 aliphatic heterocycles. The van der Waals surface area contributed by atoms with E-state index in [0.29, 0.717) is 6.42 Å². The second-order valence-corrected chi connectivity index (χ2v) is 7.85. The van der Waals surface area contributed by atoms with E-state index in [9.17, 15) is 24.6 Å². The predicted octanol–water partition coefficient (Wildman–Crippen LogP) is 0.631. The fourth-order valence-corrected chi connectivity index (χ4v) is 3.83.